The molecule has 0 radical (unpaired) electrons. The summed E-state index contributed by atoms with van der Waals surface area (Å²) < 4.78 is 5.46. The van der Waals surface area contributed by atoms with Gasteiger partial charge in [-0.05, 0) is 52.7 Å². The third-order valence-electron chi connectivity index (χ3n) is 5.97. The number of halogens is 1. The first-order chi connectivity index (χ1) is 18.1. The van der Waals surface area contributed by atoms with Crippen LogP contribution in [-0.4, -0.2) is 47.1 Å². The fourth-order valence-corrected chi connectivity index (χ4v) is 4.32. The zero-order valence-corrected chi connectivity index (χ0v) is 21.0. The summed E-state index contributed by atoms with van der Waals surface area (Å²) in [5.41, 5.74) is 3.30. The van der Waals surface area contributed by atoms with E-state index in [0.29, 0.717) is 35.7 Å². The highest BCUT2D eigenvalue weighted by Crippen LogP contribution is 2.28. The lowest BCUT2D eigenvalue weighted by Gasteiger charge is -2.27. The number of carbonyl (C=O) groups is 1. The molecular weight excluding hydrogens is 488 g/mol. The van der Waals surface area contributed by atoms with Crippen LogP contribution in [0.4, 0.5) is 28.8 Å². The summed E-state index contributed by atoms with van der Waals surface area (Å²) in [4.78, 5) is 23.2. The first kappa shape index (κ1) is 24.7. The van der Waals surface area contributed by atoms with Crippen LogP contribution < -0.4 is 16.0 Å². The highest BCUT2D eigenvalue weighted by molar-refractivity contribution is 6.32. The molecule has 5 rings (SSSR count). The lowest BCUT2D eigenvalue weighted by molar-refractivity contribution is -0.111. The molecule has 1 fully saturated rings. The van der Waals surface area contributed by atoms with Gasteiger partial charge >= 0.3 is 0 Å². The van der Waals surface area contributed by atoms with Crippen molar-refractivity contribution < 1.29 is 9.53 Å². The summed E-state index contributed by atoms with van der Waals surface area (Å²) in [6.45, 7) is 7.41. The highest BCUT2D eigenvalue weighted by Gasteiger charge is 2.13. The minimum atomic E-state index is -0.279. The first-order valence-corrected chi connectivity index (χ1v) is 12.4. The maximum atomic E-state index is 12.0. The molecule has 188 valence electrons. The summed E-state index contributed by atoms with van der Waals surface area (Å²) in [7, 11) is 0. The lowest BCUT2D eigenvalue weighted by atomic mass is 10.1. The molecule has 1 saturated heterocycles. The number of anilines is 5. The third kappa shape index (κ3) is 6.42. The molecule has 0 atom stereocenters. The van der Waals surface area contributed by atoms with Crippen molar-refractivity contribution in [2.45, 2.75) is 6.54 Å². The van der Waals surface area contributed by atoms with Gasteiger partial charge in [0.1, 0.15) is 5.02 Å². The number of nitrogens with zero attached hydrogens (tertiary/aromatic N) is 3. The van der Waals surface area contributed by atoms with E-state index in [0.717, 1.165) is 47.3 Å². The minimum absolute atomic E-state index is 0.279. The van der Waals surface area contributed by atoms with Gasteiger partial charge < -0.3 is 20.7 Å². The van der Waals surface area contributed by atoms with Crippen LogP contribution in [0.1, 0.15) is 5.56 Å². The molecule has 8 nitrogen and oxygen atoms in total. The van der Waals surface area contributed by atoms with Crippen molar-refractivity contribution in [3.05, 3.63) is 90.1 Å². The number of hydrogen-bond donors (Lipinski definition) is 3. The Bertz CT molecular complexity index is 1440. The predicted molar refractivity (Wildman–Crippen MR) is 149 cm³/mol. The molecule has 0 spiro atoms. The number of morpholine rings is 1. The Morgan fingerprint density at radius 2 is 1.78 bits per heavy atom. The lowest BCUT2D eigenvalue weighted by Crippen LogP contribution is -2.35. The van der Waals surface area contributed by atoms with Crippen LogP contribution in [0.2, 0.25) is 5.02 Å². The number of nitrogens with one attached hydrogen (secondary N) is 3. The number of hydrogen-bond acceptors (Lipinski definition) is 7. The molecule has 0 unspecified atom stereocenters. The van der Waals surface area contributed by atoms with E-state index < -0.39 is 0 Å². The van der Waals surface area contributed by atoms with E-state index in [9.17, 15) is 4.79 Å². The fraction of sp³-hybridized carbons (Fsp3) is 0.179. The second-order valence-corrected chi connectivity index (χ2v) is 9.11. The number of amides is 1. The molecule has 0 saturated carbocycles. The van der Waals surface area contributed by atoms with Crippen LogP contribution in [0.3, 0.4) is 0 Å². The fourth-order valence-electron chi connectivity index (χ4n) is 4.19. The Labute approximate surface area is 220 Å². The highest BCUT2D eigenvalue weighted by atomic mass is 35.5. The zero-order chi connectivity index (χ0) is 25.6. The molecule has 0 bridgehead atoms. The van der Waals surface area contributed by atoms with Gasteiger partial charge in [0, 0.05) is 36.7 Å². The smallest absolute Gasteiger partial charge is 0.247 e. The van der Waals surface area contributed by atoms with Crippen molar-refractivity contribution in [2.75, 3.05) is 42.3 Å². The summed E-state index contributed by atoms with van der Waals surface area (Å²) in [6.07, 6.45) is 2.80. The molecule has 0 aliphatic carbocycles. The van der Waals surface area contributed by atoms with E-state index in [1.165, 1.54) is 6.08 Å². The van der Waals surface area contributed by atoms with Gasteiger partial charge in [-0.3, -0.25) is 9.69 Å². The summed E-state index contributed by atoms with van der Waals surface area (Å²) >= 11 is 6.41. The molecule has 1 aliphatic heterocycles. The standard InChI is InChI=1S/C28H27ClN6O2/c1-2-26(36)31-23-13-19(18-35-9-11-37-12-10-35)14-24(16-23)33-28-30-17-25(29)27(34-28)32-22-8-7-20-5-3-4-6-21(20)15-22/h2-8,13-17H,1,9-12,18H2,(H,31,36)(H2,30,32,33,34). The van der Waals surface area contributed by atoms with Crippen LogP contribution in [0.5, 0.6) is 0 Å². The zero-order valence-electron chi connectivity index (χ0n) is 20.2. The third-order valence-corrected chi connectivity index (χ3v) is 6.24. The van der Waals surface area contributed by atoms with Crippen molar-refractivity contribution in [1.29, 1.82) is 0 Å². The molecular formula is C28H27ClN6O2. The maximum absolute atomic E-state index is 12.0. The number of aromatic nitrogens is 2. The Kier molecular flexibility index (Phi) is 7.60. The van der Waals surface area contributed by atoms with E-state index in [1.54, 1.807) is 6.20 Å². The average molecular weight is 515 g/mol. The normalized spacial score (nSPS) is 13.8. The second-order valence-electron chi connectivity index (χ2n) is 8.70. The van der Waals surface area contributed by atoms with Crippen LogP contribution >= 0.6 is 11.6 Å². The van der Waals surface area contributed by atoms with Gasteiger partial charge in [-0.1, -0.05) is 48.5 Å². The molecule has 1 amide bonds. The molecule has 1 aliphatic rings. The summed E-state index contributed by atoms with van der Waals surface area (Å²) in [5, 5.41) is 12.1. The largest absolute Gasteiger partial charge is 0.379 e. The number of ether oxygens (including phenoxy) is 1. The molecule has 3 aromatic carbocycles. The van der Waals surface area contributed by atoms with Gasteiger partial charge in [-0.25, -0.2) is 4.98 Å². The topological polar surface area (TPSA) is 91.4 Å². The Balaban J connectivity index is 1.38. The van der Waals surface area contributed by atoms with Gasteiger partial charge in [0.05, 0.1) is 19.4 Å². The van der Waals surface area contributed by atoms with E-state index >= 15 is 0 Å². The van der Waals surface area contributed by atoms with E-state index in [-0.39, 0.29) is 5.91 Å². The van der Waals surface area contributed by atoms with Crippen molar-refractivity contribution in [1.82, 2.24) is 14.9 Å². The van der Waals surface area contributed by atoms with E-state index in [1.807, 2.05) is 48.5 Å². The minimum Gasteiger partial charge on any atom is -0.379 e. The Morgan fingerprint density at radius 3 is 2.59 bits per heavy atom. The van der Waals surface area contributed by atoms with E-state index in [4.69, 9.17) is 16.3 Å². The van der Waals surface area contributed by atoms with Crippen molar-refractivity contribution in [2.24, 2.45) is 0 Å². The summed E-state index contributed by atoms with van der Waals surface area (Å²) in [6, 6.07) is 20.0. The van der Waals surface area contributed by atoms with Crippen LogP contribution in [0.15, 0.2) is 79.5 Å². The van der Waals surface area contributed by atoms with Crippen LogP contribution in [-0.2, 0) is 16.1 Å². The molecule has 2 heterocycles. The van der Waals surface area contributed by atoms with Crippen molar-refractivity contribution >= 4 is 57.1 Å². The Morgan fingerprint density at radius 1 is 1.00 bits per heavy atom. The predicted octanol–water partition coefficient (Wildman–Crippen LogP) is 5.73. The summed E-state index contributed by atoms with van der Waals surface area (Å²) in [5.74, 6) is 0.579. The molecule has 1 aromatic heterocycles. The van der Waals surface area contributed by atoms with Gasteiger partial charge in [0.25, 0.3) is 0 Å². The van der Waals surface area contributed by atoms with E-state index in [2.05, 4.69) is 49.5 Å². The van der Waals surface area contributed by atoms with Gasteiger partial charge in [-0.2, -0.15) is 4.98 Å². The van der Waals surface area contributed by atoms with Crippen LogP contribution in [0, 0.1) is 0 Å². The molecule has 9 heteroatoms. The van der Waals surface area contributed by atoms with Crippen molar-refractivity contribution in [3.63, 3.8) is 0 Å². The monoisotopic (exact) mass is 514 g/mol. The number of benzene rings is 3. The number of carbonyl (C=O) groups excluding carboxylic acids is 1. The van der Waals surface area contributed by atoms with Gasteiger partial charge in [-0.15, -0.1) is 0 Å². The van der Waals surface area contributed by atoms with Crippen molar-refractivity contribution in [3.8, 4) is 0 Å². The maximum Gasteiger partial charge on any atom is 0.247 e. The molecule has 3 N–H and O–H groups in total. The van der Waals surface area contributed by atoms with Gasteiger partial charge in [0.15, 0.2) is 5.82 Å². The van der Waals surface area contributed by atoms with Crippen LogP contribution in [0.25, 0.3) is 10.8 Å². The second kappa shape index (κ2) is 11.4. The van der Waals surface area contributed by atoms with Gasteiger partial charge in [0.2, 0.25) is 11.9 Å². The number of rotatable bonds is 8. The quantitative estimate of drug-likeness (QED) is 0.259. The Hall–Kier alpha value is -3.98. The molecule has 4 aromatic rings. The molecule has 37 heavy (non-hydrogen) atoms. The first-order valence-electron chi connectivity index (χ1n) is 12.0. The number of fused-ring (bicyclic) bond motifs is 1. The SMILES string of the molecule is C=CC(=O)Nc1cc(CN2CCOCC2)cc(Nc2ncc(Cl)c(Nc3ccc4ccccc4c3)n2)c1. The average Bonchev–Trinajstić information content (AvgIpc) is 2.91.